The second kappa shape index (κ2) is 7.13. The van der Waals surface area contributed by atoms with Crippen molar-refractivity contribution in [2.45, 2.75) is 26.3 Å². The van der Waals surface area contributed by atoms with Gasteiger partial charge in [0.25, 0.3) is 5.91 Å². The molecule has 0 radical (unpaired) electrons. The Bertz CT molecular complexity index is 457. The Labute approximate surface area is 121 Å². The fraction of sp³-hybridized carbons (Fsp3) is 0.385. The molecule has 0 saturated heterocycles. The average Bonchev–Trinajstić information content (AvgIpc) is 2.34. The van der Waals surface area contributed by atoms with Gasteiger partial charge in [0.2, 0.25) is 5.91 Å². The predicted octanol–water partition coefficient (Wildman–Crippen LogP) is 1.68. The fourth-order valence-corrected chi connectivity index (χ4v) is 2.00. The maximum atomic E-state index is 12.0. The van der Waals surface area contributed by atoms with Gasteiger partial charge in [0.1, 0.15) is 6.04 Å². The van der Waals surface area contributed by atoms with E-state index in [0.29, 0.717) is 17.8 Å². The summed E-state index contributed by atoms with van der Waals surface area (Å²) in [4.78, 5) is 23.6. The van der Waals surface area contributed by atoms with Gasteiger partial charge in [-0.1, -0.05) is 22.9 Å². The second-order valence-electron chi connectivity index (χ2n) is 4.26. The van der Waals surface area contributed by atoms with E-state index in [1.165, 1.54) is 0 Å². The number of hydrogen-bond donors (Lipinski definition) is 3. The zero-order valence-corrected chi connectivity index (χ0v) is 12.6. The van der Waals surface area contributed by atoms with Crippen LogP contribution in [0.3, 0.4) is 0 Å². The first-order valence-corrected chi connectivity index (χ1v) is 6.88. The van der Waals surface area contributed by atoms with Crippen LogP contribution in [0.15, 0.2) is 22.7 Å². The first kappa shape index (κ1) is 15.5. The first-order valence-electron chi connectivity index (χ1n) is 6.08. The van der Waals surface area contributed by atoms with Crippen LogP contribution in [0.25, 0.3) is 0 Å². The van der Waals surface area contributed by atoms with Crippen LogP contribution in [-0.4, -0.2) is 24.4 Å². The van der Waals surface area contributed by atoms with Gasteiger partial charge in [0.15, 0.2) is 0 Å². The minimum atomic E-state index is -0.584. The van der Waals surface area contributed by atoms with E-state index >= 15 is 0 Å². The summed E-state index contributed by atoms with van der Waals surface area (Å²) in [6.07, 6.45) is 0.856. The molecule has 5 nitrogen and oxygen atoms in total. The molecule has 0 bridgehead atoms. The van der Waals surface area contributed by atoms with E-state index in [2.05, 4.69) is 26.6 Å². The van der Waals surface area contributed by atoms with Gasteiger partial charge in [-0.2, -0.15) is 0 Å². The van der Waals surface area contributed by atoms with Gasteiger partial charge in [-0.05, 0) is 31.5 Å². The number of nitrogens with one attached hydrogen (secondary N) is 2. The molecule has 104 valence electrons. The standard InChI is InChI=1S/C13H18BrN3O2/c1-3-4-16-12(18)8(2)17-13(19)9-5-10(14)7-11(15)6-9/h5-8H,3-4,15H2,1-2H3,(H,16,18)(H,17,19). The van der Waals surface area contributed by atoms with Crippen molar-refractivity contribution in [3.8, 4) is 0 Å². The normalized spacial score (nSPS) is 11.7. The third kappa shape index (κ3) is 4.90. The van der Waals surface area contributed by atoms with Crippen LogP contribution in [0, 0.1) is 0 Å². The van der Waals surface area contributed by atoms with Crippen molar-refractivity contribution in [3.05, 3.63) is 28.2 Å². The molecule has 1 aromatic carbocycles. The molecule has 19 heavy (non-hydrogen) atoms. The number of rotatable bonds is 5. The van der Waals surface area contributed by atoms with Crippen LogP contribution in [0.1, 0.15) is 30.6 Å². The summed E-state index contributed by atoms with van der Waals surface area (Å²) < 4.78 is 0.723. The lowest BCUT2D eigenvalue weighted by molar-refractivity contribution is -0.122. The highest BCUT2D eigenvalue weighted by molar-refractivity contribution is 9.10. The van der Waals surface area contributed by atoms with Crippen LogP contribution in [0.4, 0.5) is 5.69 Å². The van der Waals surface area contributed by atoms with E-state index in [-0.39, 0.29) is 11.8 Å². The lowest BCUT2D eigenvalue weighted by Crippen LogP contribution is -2.45. The Hall–Kier alpha value is -1.56. The number of carbonyl (C=O) groups is 2. The van der Waals surface area contributed by atoms with E-state index < -0.39 is 6.04 Å². The van der Waals surface area contributed by atoms with Gasteiger partial charge < -0.3 is 16.4 Å². The molecule has 1 atom stereocenters. The number of halogens is 1. The molecule has 0 heterocycles. The Morgan fingerprint density at radius 1 is 1.37 bits per heavy atom. The van der Waals surface area contributed by atoms with Gasteiger partial charge in [-0.3, -0.25) is 9.59 Å². The molecule has 0 fully saturated rings. The smallest absolute Gasteiger partial charge is 0.252 e. The maximum Gasteiger partial charge on any atom is 0.252 e. The quantitative estimate of drug-likeness (QED) is 0.719. The summed E-state index contributed by atoms with van der Waals surface area (Å²) in [6, 6.07) is 4.34. The summed E-state index contributed by atoms with van der Waals surface area (Å²) in [6.45, 7) is 4.21. The molecule has 0 saturated carbocycles. The molecule has 6 heteroatoms. The van der Waals surface area contributed by atoms with Crippen LogP contribution in [0.5, 0.6) is 0 Å². The molecule has 4 N–H and O–H groups in total. The van der Waals surface area contributed by atoms with Gasteiger partial charge >= 0.3 is 0 Å². The van der Waals surface area contributed by atoms with Crippen LogP contribution < -0.4 is 16.4 Å². The Kier molecular flexibility index (Phi) is 5.82. The minimum Gasteiger partial charge on any atom is -0.399 e. The predicted molar refractivity (Wildman–Crippen MR) is 78.8 cm³/mol. The van der Waals surface area contributed by atoms with E-state index in [4.69, 9.17) is 5.73 Å². The third-order valence-corrected chi connectivity index (χ3v) is 2.93. The SMILES string of the molecule is CCCNC(=O)C(C)NC(=O)c1cc(N)cc(Br)c1. The van der Waals surface area contributed by atoms with Crippen LogP contribution >= 0.6 is 15.9 Å². The maximum absolute atomic E-state index is 12.0. The molecule has 0 aliphatic rings. The monoisotopic (exact) mass is 327 g/mol. The topological polar surface area (TPSA) is 84.2 Å². The van der Waals surface area contributed by atoms with Gasteiger partial charge in [0.05, 0.1) is 0 Å². The van der Waals surface area contributed by atoms with Gasteiger partial charge in [0, 0.05) is 22.3 Å². The van der Waals surface area contributed by atoms with E-state index in [9.17, 15) is 9.59 Å². The van der Waals surface area contributed by atoms with Gasteiger partial charge in [-0.15, -0.1) is 0 Å². The minimum absolute atomic E-state index is 0.196. The number of nitrogens with two attached hydrogens (primary N) is 1. The Balaban J connectivity index is 2.66. The van der Waals surface area contributed by atoms with E-state index in [1.54, 1.807) is 25.1 Å². The molecular formula is C13H18BrN3O2. The summed E-state index contributed by atoms with van der Waals surface area (Å²) in [7, 11) is 0. The molecule has 2 amide bonds. The molecule has 1 unspecified atom stereocenters. The lowest BCUT2D eigenvalue weighted by atomic mass is 10.1. The number of nitrogen functional groups attached to an aromatic ring is 1. The zero-order valence-electron chi connectivity index (χ0n) is 11.0. The number of hydrogen-bond acceptors (Lipinski definition) is 3. The lowest BCUT2D eigenvalue weighted by Gasteiger charge is -2.14. The molecule has 0 aromatic heterocycles. The van der Waals surface area contributed by atoms with E-state index in [0.717, 1.165) is 10.9 Å². The summed E-state index contributed by atoms with van der Waals surface area (Å²) in [5.74, 6) is -0.523. The fourth-order valence-electron chi connectivity index (χ4n) is 1.49. The van der Waals surface area contributed by atoms with Crippen molar-refractivity contribution in [1.29, 1.82) is 0 Å². The highest BCUT2D eigenvalue weighted by Crippen LogP contribution is 2.17. The summed E-state index contributed by atoms with van der Waals surface area (Å²) in [5, 5.41) is 5.36. The Morgan fingerprint density at radius 3 is 2.63 bits per heavy atom. The highest BCUT2D eigenvalue weighted by Gasteiger charge is 2.16. The van der Waals surface area contributed by atoms with E-state index in [1.807, 2.05) is 6.92 Å². The first-order chi connectivity index (χ1) is 8.93. The van der Waals surface area contributed by atoms with Crippen LogP contribution in [0.2, 0.25) is 0 Å². The van der Waals surface area contributed by atoms with Crippen molar-refractivity contribution < 1.29 is 9.59 Å². The molecule has 0 spiro atoms. The van der Waals surface area contributed by atoms with Crippen molar-refractivity contribution >= 4 is 33.4 Å². The third-order valence-electron chi connectivity index (χ3n) is 2.47. The molecule has 1 aromatic rings. The number of carbonyl (C=O) groups excluding carboxylic acids is 2. The van der Waals surface area contributed by atoms with Crippen molar-refractivity contribution in [2.75, 3.05) is 12.3 Å². The van der Waals surface area contributed by atoms with Crippen molar-refractivity contribution in [1.82, 2.24) is 10.6 Å². The van der Waals surface area contributed by atoms with Gasteiger partial charge in [-0.25, -0.2) is 0 Å². The van der Waals surface area contributed by atoms with Crippen LogP contribution in [-0.2, 0) is 4.79 Å². The van der Waals surface area contributed by atoms with Crippen molar-refractivity contribution in [3.63, 3.8) is 0 Å². The molecular weight excluding hydrogens is 310 g/mol. The molecule has 0 aliphatic heterocycles. The largest absolute Gasteiger partial charge is 0.399 e. The average molecular weight is 328 g/mol. The number of benzene rings is 1. The number of anilines is 1. The second-order valence-corrected chi connectivity index (χ2v) is 5.18. The molecule has 1 rings (SSSR count). The molecule has 0 aliphatic carbocycles. The Morgan fingerprint density at radius 2 is 2.05 bits per heavy atom. The zero-order chi connectivity index (χ0) is 14.4. The van der Waals surface area contributed by atoms with Crippen molar-refractivity contribution in [2.24, 2.45) is 0 Å². The summed E-state index contributed by atoms with van der Waals surface area (Å²) >= 11 is 3.27. The highest BCUT2D eigenvalue weighted by atomic mass is 79.9. The summed E-state index contributed by atoms with van der Waals surface area (Å²) in [5.41, 5.74) is 6.57. The number of amides is 2.